The van der Waals surface area contributed by atoms with Gasteiger partial charge in [-0.2, -0.15) is 0 Å². The van der Waals surface area contributed by atoms with Crippen LogP contribution in [-0.2, 0) is 0 Å². The summed E-state index contributed by atoms with van der Waals surface area (Å²) >= 11 is 1.66. The largest absolute Gasteiger partial charge is 0.342 e. The number of imidazole rings is 1. The summed E-state index contributed by atoms with van der Waals surface area (Å²) in [4.78, 5) is 43.0. The van der Waals surface area contributed by atoms with Crippen molar-refractivity contribution in [3.63, 3.8) is 0 Å². The minimum atomic E-state index is 0.606. The van der Waals surface area contributed by atoms with Crippen LogP contribution in [0.3, 0.4) is 0 Å². The molecule has 0 amide bonds. The van der Waals surface area contributed by atoms with E-state index < -0.39 is 0 Å². The summed E-state index contributed by atoms with van der Waals surface area (Å²) < 4.78 is 7.02. The Hall–Kier alpha value is -17.8. The van der Waals surface area contributed by atoms with Gasteiger partial charge in [0.05, 0.1) is 84.7 Å². The number of pyridine rings is 1. The molecule has 0 saturated carbocycles. The van der Waals surface area contributed by atoms with Gasteiger partial charge in [-0.05, 0) is 159 Å². The Labute approximate surface area is 771 Å². The van der Waals surface area contributed by atoms with Gasteiger partial charge in [0.15, 0.2) is 17.5 Å². The first kappa shape index (κ1) is 79.8. The molecular weight excluding hydrogens is 1640 g/mol. The van der Waals surface area contributed by atoms with Gasteiger partial charge >= 0.3 is 0 Å². The molecule has 0 radical (unpaired) electrons. The number of H-pyrrole nitrogens is 1. The highest BCUT2D eigenvalue weighted by Crippen LogP contribution is 2.41. The molecule has 0 fully saturated rings. The molecule has 0 spiro atoms. The van der Waals surface area contributed by atoms with Gasteiger partial charge in [0, 0.05) is 101 Å². The van der Waals surface area contributed by atoms with E-state index >= 15 is 0 Å². The number of hydrogen-bond donors (Lipinski definition) is 1. The van der Waals surface area contributed by atoms with Crippen molar-refractivity contribution in [1.29, 1.82) is 0 Å². The van der Waals surface area contributed by atoms with Crippen LogP contribution in [0.1, 0.15) is 0 Å². The standard InChI is InChI=1S/C45H30N4.C38H25N3S.C37H25N5/c1-2-9-31(10-3-1)32-17-21-35(22-18-32)41-30-42(48-45(47-41)36-23-19-33(20-24-36)34-25-27-46-28-26-34)37-11-8-12-38(29-37)49-43-15-6-4-13-39(43)40-14-5-7-16-44(40)49;1-2-10-26(11-3-1)27-19-21-28(22-20-27)33-25-34(40-38(39-33)37-18-9-23-42-37)29-12-8-13-30(24-29)41-35-16-6-4-14-31(35)32-15-5-7-17-36(32)41;1-2-9-25(10-3-1)26-17-19-27(20-18-26)32-22-33(41-37(40-32)34-23-38-24-39-34)28-11-8-12-29(21-28)42-35-15-6-4-13-30(35)31-14-5-7-16-36(31)42/h1-30H;1-25H;1-24H,(H,38,39). The van der Waals surface area contributed by atoms with Crippen LogP contribution in [0.25, 0.3) is 228 Å². The zero-order chi connectivity index (χ0) is 88.3. The van der Waals surface area contributed by atoms with Crippen LogP contribution in [-0.4, -0.2) is 58.6 Å². The van der Waals surface area contributed by atoms with Crippen molar-refractivity contribution >= 4 is 76.8 Å². The average Bonchev–Trinajstić information content (AvgIpc) is 1.61. The van der Waals surface area contributed by atoms with E-state index in [0.29, 0.717) is 11.6 Å². The van der Waals surface area contributed by atoms with E-state index in [1.54, 1.807) is 23.9 Å². The maximum atomic E-state index is 5.18. The van der Waals surface area contributed by atoms with Gasteiger partial charge in [-0.15, -0.1) is 11.3 Å². The lowest BCUT2D eigenvalue weighted by Gasteiger charge is -2.13. The third-order valence-corrected chi connectivity index (χ3v) is 25.5. The smallest absolute Gasteiger partial charge is 0.178 e. The lowest BCUT2D eigenvalue weighted by molar-refractivity contribution is 1.15. The van der Waals surface area contributed by atoms with E-state index in [1.165, 1.54) is 98.8 Å². The van der Waals surface area contributed by atoms with Crippen molar-refractivity contribution < 1.29 is 0 Å². The summed E-state index contributed by atoms with van der Waals surface area (Å²) in [5, 5.41) is 9.53. The Kier molecular flexibility index (Phi) is 21.3. The Balaban J connectivity index is 0.000000113. The second kappa shape index (κ2) is 35.5. The molecule has 12 nitrogen and oxygen atoms in total. The fourth-order valence-electron chi connectivity index (χ4n) is 18.1. The van der Waals surface area contributed by atoms with Crippen molar-refractivity contribution in [3.05, 3.63) is 479 Å². The highest BCUT2D eigenvalue weighted by Gasteiger charge is 2.22. The molecule has 0 aliphatic carbocycles. The number of benzene rings is 16. The van der Waals surface area contributed by atoms with E-state index in [1.807, 2.05) is 48.8 Å². The molecule has 0 bridgehead atoms. The van der Waals surface area contributed by atoms with E-state index in [4.69, 9.17) is 29.9 Å². The van der Waals surface area contributed by atoms with Crippen molar-refractivity contribution in [1.82, 2.24) is 58.6 Å². The quantitative estimate of drug-likeness (QED) is 0.101. The number of hydrogen-bond acceptors (Lipinski definition) is 9. The molecule has 0 atom stereocenters. The Morgan fingerprint density at radius 2 is 0.466 bits per heavy atom. The van der Waals surface area contributed by atoms with Crippen LogP contribution in [0.2, 0.25) is 0 Å². The molecule has 25 rings (SSSR count). The van der Waals surface area contributed by atoms with Crippen LogP contribution in [0.15, 0.2) is 479 Å². The molecular formula is C120H80N12S. The summed E-state index contributed by atoms with van der Waals surface area (Å²) in [5.41, 5.74) is 32.9. The van der Waals surface area contributed by atoms with Gasteiger partial charge in [0.2, 0.25) is 0 Å². The number of nitrogens with zero attached hydrogens (tertiary/aromatic N) is 11. The maximum Gasteiger partial charge on any atom is 0.178 e. The van der Waals surface area contributed by atoms with Gasteiger partial charge in [-0.1, -0.05) is 340 Å². The molecule has 0 unspecified atom stereocenters. The molecule has 16 aromatic carbocycles. The van der Waals surface area contributed by atoms with Gasteiger partial charge < -0.3 is 18.7 Å². The number of fused-ring (bicyclic) bond motifs is 9. The number of aromatic nitrogens is 12. The number of para-hydroxylation sites is 6. The fraction of sp³-hybridized carbons (Fsp3) is 0. The zero-order valence-electron chi connectivity index (χ0n) is 71.9. The van der Waals surface area contributed by atoms with E-state index in [0.717, 1.165) is 118 Å². The number of rotatable bonds is 16. The lowest BCUT2D eigenvalue weighted by Crippen LogP contribution is -1.98. The first-order valence-electron chi connectivity index (χ1n) is 44.4. The number of aromatic amines is 1. The molecule has 13 heteroatoms. The van der Waals surface area contributed by atoms with Crippen LogP contribution in [0, 0.1) is 0 Å². The predicted molar refractivity (Wildman–Crippen MR) is 548 cm³/mol. The zero-order valence-corrected chi connectivity index (χ0v) is 72.8. The van der Waals surface area contributed by atoms with Crippen LogP contribution in [0.5, 0.6) is 0 Å². The highest BCUT2D eigenvalue weighted by atomic mass is 32.1. The molecule has 9 heterocycles. The van der Waals surface area contributed by atoms with E-state index in [-0.39, 0.29) is 0 Å². The fourth-order valence-corrected chi connectivity index (χ4v) is 18.8. The Morgan fingerprint density at radius 3 is 0.782 bits per heavy atom. The van der Waals surface area contributed by atoms with Gasteiger partial charge in [-0.25, -0.2) is 34.9 Å². The van der Waals surface area contributed by atoms with E-state index in [9.17, 15) is 0 Å². The first-order valence-corrected chi connectivity index (χ1v) is 45.3. The summed E-state index contributed by atoms with van der Waals surface area (Å²) in [5.74, 6) is 2.03. The topological polar surface area (TPSA) is 134 Å². The molecule has 0 aliphatic rings. The van der Waals surface area contributed by atoms with Crippen molar-refractivity contribution in [2.24, 2.45) is 0 Å². The lowest BCUT2D eigenvalue weighted by atomic mass is 10.0. The van der Waals surface area contributed by atoms with Crippen LogP contribution >= 0.6 is 11.3 Å². The summed E-state index contributed by atoms with van der Waals surface area (Å²) in [6, 6.07) is 157. The average molecular weight is 1720 g/mol. The van der Waals surface area contributed by atoms with Crippen molar-refractivity contribution in [2.45, 2.75) is 0 Å². The molecule has 1 N–H and O–H groups in total. The molecule has 133 heavy (non-hydrogen) atoms. The second-order valence-electron chi connectivity index (χ2n) is 32.7. The van der Waals surface area contributed by atoms with Crippen molar-refractivity contribution in [2.75, 3.05) is 0 Å². The minimum absolute atomic E-state index is 0.606. The van der Waals surface area contributed by atoms with Gasteiger partial charge in [-0.3, -0.25) is 4.98 Å². The Bertz CT molecular complexity index is 7930. The van der Waals surface area contributed by atoms with Crippen LogP contribution < -0.4 is 0 Å². The normalized spacial score (nSPS) is 11.3. The number of nitrogens with one attached hydrogen (secondary N) is 1. The minimum Gasteiger partial charge on any atom is -0.342 e. The third kappa shape index (κ3) is 16.0. The van der Waals surface area contributed by atoms with E-state index in [2.05, 4.69) is 447 Å². The van der Waals surface area contributed by atoms with Gasteiger partial charge in [0.25, 0.3) is 0 Å². The predicted octanol–water partition coefficient (Wildman–Crippen LogP) is 30.6. The molecule has 0 saturated heterocycles. The second-order valence-corrected chi connectivity index (χ2v) is 33.7. The summed E-state index contributed by atoms with van der Waals surface area (Å²) in [6.45, 7) is 0. The first-order chi connectivity index (χ1) is 65.9. The molecule has 9 aromatic heterocycles. The van der Waals surface area contributed by atoms with Crippen LogP contribution in [0.4, 0.5) is 0 Å². The monoisotopic (exact) mass is 1720 g/mol. The molecule has 626 valence electrons. The number of thiophene rings is 1. The summed E-state index contributed by atoms with van der Waals surface area (Å²) in [6.07, 6.45) is 7.05. The summed E-state index contributed by atoms with van der Waals surface area (Å²) in [7, 11) is 0. The SMILES string of the molecule is c1ccc(-c2ccc(-c3cc(-c4cccc(-n5c6ccccc6c6ccccc65)c4)nc(-c4ccc(-c5ccncc5)cc4)n3)cc2)cc1.c1ccc(-c2ccc(-c3cc(-c4cccc(-n5c6ccccc6c6ccccc65)c4)nc(-c4cccs4)n3)cc2)cc1.c1ccc(-c2ccc(-c3cc(-c4cccc(-n5c6ccccc6c6ccccc65)c4)nc(-c4cnc[nH]4)n3)cc2)cc1. The third-order valence-electron chi connectivity index (χ3n) is 24.6. The van der Waals surface area contributed by atoms with Crippen molar-refractivity contribution in [3.8, 4) is 163 Å². The van der Waals surface area contributed by atoms with Gasteiger partial charge in [0.1, 0.15) is 5.69 Å². The Morgan fingerprint density at radius 1 is 0.195 bits per heavy atom. The maximum absolute atomic E-state index is 5.18. The highest BCUT2D eigenvalue weighted by molar-refractivity contribution is 7.13. The molecule has 0 aliphatic heterocycles. The molecule has 25 aromatic rings.